The lowest BCUT2D eigenvalue weighted by Crippen LogP contribution is -2.40. The van der Waals surface area contributed by atoms with E-state index >= 15 is 0 Å². The van der Waals surface area contributed by atoms with Crippen LogP contribution in [0.3, 0.4) is 0 Å². The first kappa shape index (κ1) is 17.0. The Morgan fingerprint density at radius 3 is 2.33 bits per heavy atom. The SMILES string of the molecule is O=C(CCN1C(=O)[C@H]2[C@@H]3C=C[C@H]([C@H]4C[C@H]34)[C@@H]2C1=O)OCc1ccccc1Cl. The molecule has 5 aliphatic rings. The van der Waals surface area contributed by atoms with Gasteiger partial charge in [-0.25, -0.2) is 0 Å². The minimum Gasteiger partial charge on any atom is -0.461 e. The quantitative estimate of drug-likeness (QED) is 0.444. The van der Waals surface area contributed by atoms with Crippen LogP contribution in [0.5, 0.6) is 0 Å². The zero-order valence-corrected chi connectivity index (χ0v) is 15.5. The van der Waals surface area contributed by atoms with E-state index in [4.69, 9.17) is 16.3 Å². The molecule has 2 amide bonds. The Bertz CT molecular complexity index is 829. The van der Waals surface area contributed by atoms with E-state index in [0.29, 0.717) is 16.9 Å². The van der Waals surface area contributed by atoms with Crippen molar-refractivity contribution in [3.63, 3.8) is 0 Å². The van der Waals surface area contributed by atoms with E-state index in [9.17, 15) is 14.4 Å². The van der Waals surface area contributed by atoms with Crippen molar-refractivity contribution in [2.45, 2.75) is 19.4 Å². The third-order valence-corrected chi connectivity index (χ3v) is 7.01. The lowest BCUT2D eigenvalue weighted by Gasteiger charge is -2.37. The number of ether oxygens (including phenoxy) is 1. The number of allylic oxidation sites excluding steroid dienone is 2. The van der Waals surface area contributed by atoms with Gasteiger partial charge in [0.25, 0.3) is 0 Å². The van der Waals surface area contributed by atoms with Crippen molar-refractivity contribution >= 4 is 29.4 Å². The average molecular weight is 386 g/mol. The highest BCUT2D eigenvalue weighted by Gasteiger charge is 2.66. The van der Waals surface area contributed by atoms with Gasteiger partial charge in [0.2, 0.25) is 11.8 Å². The smallest absolute Gasteiger partial charge is 0.307 e. The molecule has 140 valence electrons. The highest BCUT2D eigenvalue weighted by molar-refractivity contribution is 6.31. The zero-order chi connectivity index (χ0) is 18.7. The van der Waals surface area contributed by atoms with Gasteiger partial charge in [0.1, 0.15) is 6.61 Å². The molecule has 27 heavy (non-hydrogen) atoms. The van der Waals surface area contributed by atoms with Gasteiger partial charge in [-0.2, -0.15) is 0 Å². The van der Waals surface area contributed by atoms with Gasteiger partial charge in [-0.05, 0) is 36.2 Å². The Kier molecular flexibility index (Phi) is 3.90. The maximum atomic E-state index is 12.8. The number of amides is 2. The molecule has 1 aromatic carbocycles. The molecule has 5 nitrogen and oxygen atoms in total. The fourth-order valence-corrected chi connectivity index (χ4v) is 5.48. The maximum absolute atomic E-state index is 12.8. The molecule has 2 bridgehead atoms. The number of benzene rings is 1. The van der Waals surface area contributed by atoms with Gasteiger partial charge in [-0.1, -0.05) is 42.0 Å². The standard InChI is InChI=1S/C21H20ClNO4/c22-16-4-2-1-3-11(16)10-27-17(24)7-8-23-20(25)18-12-5-6-13(15-9-14(12)15)19(18)21(23)26/h1-6,12-15,18-19H,7-10H2/t12-,13-,14-,15-,18+,19+/m1/s1. The molecule has 0 radical (unpaired) electrons. The highest BCUT2D eigenvalue weighted by Crippen LogP contribution is 2.65. The highest BCUT2D eigenvalue weighted by atomic mass is 35.5. The minimum atomic E-state index is -0.436. The van der Waals surface area contributed by atoms with Gasteiger partial charge in [0, 0.05) is 17.1 Å². The maximum Gasteiger partial charge on any atom is 0.307 e. The van der Waals surface area contributed by atoms with Gasteiger partial charge in [0.05, 0.1) is 18.3 Å². The number of hydrogen-bond acceptors (Lipinski definition) is 4. The molecule has 2 saturated carbocycles. The summed E-state index contributed by atoms with van der Waals surface area (Å²) >= 11 is 6.05. The molecular formula is C21H20ClNO4. The average Bonchev–Trinajstić information content (AvgIpc) is 3.45. The third-order valence-electron chi connectivity index (χ3n) is 6.64. The summed E-state index contributed by atoms with van der Waals surface area (Å²) in [6.45, 7) is 0.184. The second-order valence-corrected chi connectivity index (χ2v) is 8.39. The van der Waals surface area contributed by atoms with Crippen molar-refractivity contribution in [3.05, 3.63) is 47.0 Å². The number of carbonyl (C=O) groups is 3. The van der Waals surface area contributed by atoms with Gasteiger partial charge in [-0.3, -0.25) is 19.3 Å². The molecule has 6 rings (SSSR count). The zero-order valence-electron chi connectivity index (χ0n) is 14.7. The number of rotatable bonds is 5. The predicted octanol–water partition coefficient (Wildman–Crippen LogP) is 2.83. The molecule has 1 aliphatic heterocycles. The summed E-state index contributed by atoms with van der Waals surface area (Å²) < 4.78 is 5.25. The van der Waals surface area contributed by atoms with E-state index in [-0.39, 0.29) is 55.1 Å². The Hall–Kier alpha value is -2.14. The number of halogens is 1. The lowest BCUT2D eigenvalue weighted by molar-refractivity contribution is -0.146. The minimum absolute atomic E-state index is 0.0109. The summed E-state index contributed by atoms with van der Waals surface area (Å²) in [4.78, 5) is 39.1. The number of carbonyl (C=O) groups excluding carboxylic acids is 3. The van der Waals surface area contributed by atoms with Crippen molar-refractivity contribution < 1.29 is 19.1 Å². The van der Waals surface area contributed by atoms with Crippen LogP contribution in [-0.4, -0.2) is 29.2 Å². The van der Waals surface area contributed by atoms with E-state index in [2.05, 4.69) is 12.2 Å². The Morgan fingerprint density at radius 1 is 1.07 bits per heavy atom. The molecule has 0 spiro atoms. The molecule has 1 heterocycles. The topological polar surface area (TPSA) is 63.7 Å². The van der Waals surface area contributed by atoms with Crippen LogP contribution in [0, 0.1) is 35.5 Å². The first-order valence-electron chi connectivity index (χ1n) is 9.49. The second kappa shape index (κ2) is 6.20. The first-order valence-corrected chi connectivity index (χ1v) is 9.86. The Labute approximate surface area is 162 Å². The van der Waals surface area contributed by atoms with E-state index in [1.165, 1.54) is 4.90 Å². The largest absolute Gasteiger partial charge is 0.461 e. The monoisotopic (exact) mass is 385 g/mol. The summed E-state index contributed by atoms with van der Waals surface area (Å²) in [6.07, 6.45) is 5.44. The van der Waals surface area contributed by atoms with E-state index in [0.717, 1.165) is 12.0 Å². The summed E-state index contributed by atoms with van der Waals surface area (Å²) in [6, 6.07) is 7.16. The number of nitrogens with zero attached hydrogens (tertiary/aromatic N) is 1. The summed E-state index contributed by atoms with van der Waals surface area (Å²) in [5.41, 5.74) is 0.730. The molecule has 6 atom stereocenters. The molecule has 1 saturated heterocycles. The number of hydrogen-bond donors (Lipinski definition) is 0. The lowest BCUT2D eigenvalue weighted by atomic mass is 9.63. The fourth-order valence-electron chi connectivity index (χ4n) is 5.29. The number of esters is 1. The molecule has 0 unspecified atom stereocenters. The van der Waals surface area contributed by atoms with Crippen LogP contribution in [0.15, 0.2) is 36.4 Å². The second-order valence-electron chi connectivity index (χ2n) is 7.98. The van der Waals surface area contributed by atoms with Crippen molar-refractivity contribution in [1.29, 1.82) is 0 Å². The van der Waals surface area contributed by atoms with Crippen LogP contribution in [0.2, 0.25) is 5.02 Å². The molecule has 4 aliphatic carbocycles. The molecule has 0 aromatic heterocycles. The molecule has 6 heteroatoms. The summed E-state index contributed by atoms with van der Waals surface area (Å²) in [5.74, 6) is 0.511. The molecule has 0 N–H and O–H groups in total. The Balaban J connectivity index is 1.20. The van der Waals surface area contributed by atoms with Crippen LogP contribution >= 0.6 is 11.6 Å². The van der Waals surface area contributed by atoms with Crippen LogP contribution < -0.4 is 0 Å². The number of imide groups is 1. The van der Waals surface area contributed by atoms with Gasteiger partial charge >= 0.3 is 5.97 Å². The van der Waals surface area contributed by atoms with Gasteiger partial charge in [-0.15, -0.1) is 0 Å². The van der Waals surface area contributed by atoms with Crippen LogP contribution in [-0.2, 0) is 25.7 Å². The van der Waals surface area contributed by atoms with Crippen LogP contribution in [0.1, 0.15) is 18.4 Å². The van der Waals surface area contributed by atoms with Crippen molar-refractivity contribution in [3.8, 4) is 0 Å². The fraction of sp³-hybridized carbons (Fsp3) is 0.476. The normalized spacial score (nSPS) is 35.2. The number of likely N-dealkylation sites (tertiary alicyclic amines) is 1. The molecule has 3 fully saturated rings. The van der Waals surface area contributed by atoms with Crippen LogP contribution in [0.25, 0.3) is 0 Å². The van der Waals surface area contributed by atoms with Crippen molar-refractivity contribution in [2.24, 2.45) is 35.5 Å². The van der Waals surface area contributed by atoms with E-state index in [1.54, 1.807) is 12.1 Å². The van der Waals surface area contributed by atoms with E-state index in [1.807, 2.05) is 12.1 Å². The summed E-state index contributed by atoms with van der Waals surface area (Å²) in [5, 5.41) is 0.542. The first-order chi connectivity index (χ1) is 13.1. The van der Waals surface area contributed by atoms with Crippen molar-refractivity contribution in [2.75, 3.05) is 6.54 Å². The predicted molar refractivity (Wildman–Crippen MR) is 97.3 cm³/mol. The van der Waals surface area contributed by atoms with Gasteiger partial charge < -0.3 is 4.74 Å². The molecular weight excluding hydrogens is 366 g/mol. The van der Waals surface area contributed by atoms with E-state index < -0.39 is 5.97 Å². The van der Waals surface area contributed by atoms with Crippen molar-refractivity contribution in [1.82, 2.24) is 4.90 Å². The molecule has 1 aromatic rings. The summed E-state index contributed by atoms with van der Waals surface area (Å²) in [7, 11) is 0. The van der Waals surface area contributed by atoms with Gasteiger partial charge in [0.15, 0.2) is 0 Å². The van der Waals surface area contributed by atoms with Crippen LogP contribution in [0.4, 0.5) is 0 Å². The Morgan fingerprint density at radius 2 is 1.70 bits per heavy atom. The third kappa shape index (κ3) is 2.63.